The Morgan fingerprint density at radius 1 is 0.724 bits per heavy atom. The van der Waals surface area contributed by atoms with Gasteiger partial charge in [-0.1, -0.05) is 0 Å². The Hall–Kier alpha value is -1.11. The fraction of sp³-hybridized carbons (Fsp3) is 0.818. The summed E-state index contributed by atoms with van der Waals surface area (Å²) in [4.78, 5) is 8.89. The first-order chi connectivity index (χ1) is 13.1. The Kier molecular flexibility index (Phi) is 5.87. The highest BCUT2D eigenvalue weighted by atomic mass is 35.5. The van der Waals surface area contributed by atoms with Gasteiger partial charge in [0.2, 0.25) is 5.28 Å². The zero-order chi connectivity index (χ0) is 21.7. The second kappa shape index (κ2) is 7.54. The monoisotopic (exact) mass is 422 g/mol. The minimum atomic E-state index is 0.0730. The molecule has 0 aliphatic carbocycles. The third kappa shape index (κ3) is 6.43. The van der Waals surface area contributed by atoms with Gasteiger partial charge in [-0.15, -0.1) is 0 Å². The van der Waals surface area contributed by atoms with Crippen molar-refractivity contribution in [3.8, 4) is 0 Å². The molecule has 0 amide bonds. The molecule has 4 N–H and O–H groups in total. The molecule has 29 heavy (non-hydrogen) atoms. The molecule has 0 spiro atoms. The van der Waals surface area contributed by atoms with Crippen LogP contribution in [0, 0.1) is 0 Å². The summed E-state index contributed by atoms with van der Waals surface area (Å²) in [7, 11) is 0. The molecule has 164 valence electrons. The number of aromatic nitrogens is 2. The van der Waals surface area contributed by atoms with Crippen LogP contribution < -0.4 is 21.3 Å². The van der Waals surface area contributed by atoms with Gasteiger partial charge in [-0.3, -0.25) is 0 Å². The SMILES string of the molecule is CC1(C)CC(Nc2cc(NC3CC(C)(C)NC(C)(C)C3)nc(Cl)n2)CC(C)(C)N1. The molecule has 0 aromatic carbocycles. The van der Waals surface area contributed by atoms with E-state index in [1.54, 1.807) is 0 Å². The summed E-state index contributed by atoms with van der Waals surface area (Å²) in [5, 5.41) is 15.0. The molecule has 0 radical (unpaired) electrons. The standard InChI is InChI=1S/C22H39ClN6/c1-19(2)10-14(11-20(3,4)28-19)24-16-9-17(27-18(23)26-16)25-15-12-21(5,6)29-22(7,8)13-15/h9,14-15,28-29H,10-13H2,1-8H3,(H2,24,25,26,27). The summed E-state index contributed by atoms with van der Waals surface area (Å²) in [6.07, 6.45) is 4.10. The Morgan fingerprint density at radius 3 is 1.34 bits per heavy atom. The lowest BCUT2D eigenvalue weighted by atomic mass is 9.79. The average Bonchev–Trinajstić information content (AvgIpc) is 2.38. The number of piperidine rings is 2. The lowest BCUT2D eigenvalue weighted by molar-refractivity contribution is 0.170. The molecule has 0 bridgehead atoms. The predicted octanol–water partition coefficient (Wildman–Crippen LogP) is 4.57. The number of rotatable bonds is 4. The Bertz CT molecular complexity index is 653. The van der Waals surface area contributed by atoms with E-state index in [0.717, 1.165) is 37.3 Å². The van der Waals surface area contributed by atoms with E-state index >= 15 is 0 Å². The minimum absolute atomic E-state index is 0.0730. The maximum atomic E-state index is 6.28. The van der Waals surface area contributed by atoms with E-state index in [1.165, 1.54) is 0 Å². The molecule has 7 heteroatoms. The molecule has 3 heterocycles. The van der Waals surface area contributed by atoms with Gasteiger partial charge in [-0.2, -0.15) is 0 Å². The molecule has 0 unspecified atom stereocenters. The highest BCUT2D eigenvalue weighted by Crippen LogP contribution is 2.32. The van der Waals surface area contributed by atoms with Crippen LogP contribution in [0.1, 0.15) is 81.1 Å². The third-order valence-corrected chi connectivity index (χ3v) is 5.95. The van der Waals surface area contributed by atoms with Gasteiger partial charge in [0.15, 0.2) is 0 Å². The van der Waals surface area contributed by atoms with Crippen LogP contribution >= 0.6 is 11.6 Å². The fourth-order valence-electron chi connectivity index (χ4n) is 5.83. The molecule has 2 aliphatic rings. The van der Waals surface area contributed by atoms with Crippen LogP contribution in [0.2, 0.25) is 5.28 Å². The number of halogens is 1. The summed E-state index contributed by atoms with van der Waals surface area (Å²) in [6.45, 7) is 18.0. The van der Waals surface area contributed by atoms with Gasteiger partial charge in [0.1, 0.15) is 11.6 Å². The van der Waals surface area contributed by atoms with Crippen LogP contribution in [0.25, 0.3) is 0 Å². The van der Waals surface area contributed by atoms with Crippen molar-refractivity contribution < 1.29 is 0 Å². The molecule has 0 atom stereocenters. The van der Waals surface area contributed by atoms with E-state index in [9.17, 15) is 0 Å². The fourth-order valence-corrected chi connectivity index (χ4v) is 6.01. The Labute approximate surface area is 181 Å². The summed E-state index contributed by atoms with van der Waals surface area (Å²) < 4.78 is 0. The van der Waals surface area contributed by atoms with Crippen LogP contribution in [0.15, 0.2) is 6.07 Å². The van der Waals surface area contributed by atoms with Gasteiger partial charge in [-0.05, 0) is 92.7 Å². The summed E-state index contributed by atoms with van der Waals surface area (Å²) in [5.74, 6) is 1.58. The van der Waals surface area contributed by atoms with E-state index in [1.807, 2.05) is 6.07 Å². The number of hydrogen-bond donors (Lipinski definition) is 4. The first kappa shape index (κ1) is 22.6. The van der Waals surface area contributed by atoms with E-state index in [0.29, 0.717) is 12.1 Å². The second-order valence-corrected chi connectivity index (χ2v) is 12.0. The maximum absolute atomic E-state index is 6.28. The van der Waals surface area contributed by atoms with Crippen molar-refractivity contribution in [3.05, 3.63) is 11.3 Å². The van der Waals surface area contributed by atoms with Crippen LogP contribution in [-0.2, 0) is 0 Å². The molecule has 6 nitrogen and oxygen atoms in total. The van der Waals surface area contributed by atoms with Gasteiger partial charge in [0.05, 0.1) is 0 Å². The van der Waals surface area contributed by atoms with Crippen LogP contribution in [0.3, 0.4) is 0 Å². The van der Waals surface area contributed by atoms with E-state index in [-0.39, 0.29) is 27.4 Å². The molecule has 2 fully saturated rings. The minimum Gasteiger partial charge on any atom is -0.367 e. The van der Waals surface area contributed by atoms with Crippen molar-refractivity contribution >= 4 is 23.2 Å². The van der Waals surface area contributed by atoms with E-state index in [4.69, 9.17) is 11.6 Å². The topological polar surface area (TPSA) is 73.9 Å². The average molecular weight is 423 g/mol. The molecule has 2 aliphatic heterocycles. The van der Waals surface area contributed by atoms with E-state index < -0.39 is 0 Å². The second-order valence-electron chi connectivity index (χ2n) is 11.7. The molecule has 2 saturated heterocycles. The number of nitrogens with zero attached hydrogens (tertiary/aromatic N) is 2. The summed E-state index contributed by atoms with van der Waals surface area (Å²) in [6, 6.07) is 2.66. The zero-order valence-corrected chi connectivity index (χ0v) is 20.1. The van der Waals surface area contributed by atoms with Gasteiger partial charge >= 0.3 is 0 Å². The number of hydrogen-bond acceptors (Lipinski definition) is 6. The predicted molar refractivity (Wildman–Crippen MR) is 123 cm³/mol. The van der Waals surface area contributed by atoms with Gasteiger partial charge < -0.3 is 21.3 Å². The lowest BCUT2D eigenvalue weighted by Gasteiger charge is -2.47. The van der Waals surface area contributed by atoms with Crippen LogP contribution in [0.4, 0.5) is 11.6 Å². The molecule has 1 aromatic heterocycles. The van der Waals surface area contributed by atoms with Crippen molar-refractivity contribution in [2.24, 2.45) is 0 Å². The van der Waals surface area contributed by atoms with Gasteiger partial charge in [0.25, 0.3) is 0 Å². The van der Waals surface area contributed by atoms with Crippen LogP contribution in [0.5, 0.6) is 0 Å². The van der Waals surface area contributed by atoms with Gasteiger partial charge in [-0.25, -0.2) is 9.97 Å². The number of anilines is 2. The highest BCUT2D eigenvalue weighted by molar-refractivity contribution is 6.28. The smallest absolute Gasteiger partial charge is 0.226 e. The zero-order valence-electron chi connectivity index (χ0n) is 19.3. The largest absolute Gasteiger partial charge is 0.367 e. The van der Waals surface area contributed by atoms with Crippen molar-refractivity contribution in [2.45, 2.75) is 115 Å². The molecule has 3 rings (SSSR count). The highest BCUT2D eigenvalue weighted by Gasteiger charge is 2.39. The first-order valence-corrected chi connectivity index (χ1v) is 11.2. The normalized spacial score (nSPS) is 26.1. The van der Waals surface area contributed by atoms with Gasteiger partial charge in [0, 0.05) is 40.3 Å². The molecule has 1 aromatic rings. The Balaban J connectivity index is 1.73. The Morgan fingerprint density at radius 2 is 1.03 bits per heavy atom. The molecular formula is C22H39ClN6. The van der Waals surface area contributed by atoms with Crippen molar-refractivity contribution in [3.63, 3.8) is 0 Å². The quantitative estimate of drug-likeness (QED) is 0.532. The van der Waals surface area contributed by atoms with Crippen molar-refractivity contribution in [1.82, 2.24) is 20.6 Å². The number of nitrogens with one attached hydrogen (secondary N) is 4. The van der Waals surface area contributed by atoms with Crippen LogP contribution in [-0.4, -0.2) is 44.2 Å². The van der Waals surface area contributed by atoms with E-state index in [2.05, 4.69) is 86.6 Å². The third-order valence-electron chi connectivity index (χ3n) is 5.78. The summed E-state index contributed by atoms with van der Waals surface area (Å²) >= 11 is 6.28. The summed E-state index contributed by atoms with van der Waals surface area (Å²) in [5.41, 5.74) is 0.292. The van der Waals surface area contributed by atoms with Crippen molar-refractivity contribution in [1.29, 1.82) is 0 Å². The molecule has 0 saturated carbocycles. The van der Waals surface area contributed by atoms with Crippen molar-refractivity contribution in [2.75, 3.05) is 10.6 Å². The maximum Gasteiger partial charge on any atom is 0.226 e. The lowest BCUT2D eigenvalue weighted by Crippen LogP contribution is -2.60. The molecular weight excluding hydrogens is 384 g/mol. The first-order valence-electron chi connectivity index (χ1n) is 10.8.